The number of halogens is 1. The minimum Gasteiger partial charge on any atom is -0.228 e. The first-order valence-electron chi connectivity index (χ1n) is 6.91. The second-order valence-electron chi connectivity index (χ2n) is 5.56. The average Bonchev–Trinajstić information content (AvgIpc) is 2.83. The van der Waals surface area contributed by atoms with Crippen LogP contribution in [0.15, 0.2) is 35.8 Å². The first-order chi connectivity index (χ1) is 9.78. The number of unbranched alkanes of at least 4 members (excludes halogenated alkanes) is 1. The molecule has 0 saturated heterocycles. The molecule has 0 spiro atoms. The van der Waals surface area contributed by atoms with Gasteiger partial charge in [0.2, 0.25) is 10.0 Å². The van der Waals surface area contributed by atoms with Crippen LogP contribution in [0.2, 0.25) is 5.02 Å². The Hall–Kier alpha value is -0.0226. The summed E-state index contributed by atoms with van der Waals surface area (Å²) < 4.78 is 23.8. The molecule has 2 atom stereocenters. The van der Waals surface area contributed by atoms with Gasteiger partial charge in [0.25, 0.3) is 0 Å². The van der Waals surface area contributed by atoms with Crippen molar-refractivity contribution in [3.63, 3.8) is 0 Å². The molecule has 22 heavy (non-hydrogen) atoms. The fraction of sp³-hybridized carbons (Fsp3) is 0.467. The molecule has 1 unspecified atom stereocenters. The third kappa shape index (κ3) is 3.13. The predicted molar refractivity (Wildman–Crippen MR) is 96.1 cm³/mol. The minimum absolute atomic E-state index is 0. The van der Waals surface area contributed by atoms with Gasteiger partial charge in [0, 0.05) is 29.2 Å². The summed E-state index contributed by atoms with van der Waals surface area (Å²) in [6, 6.07) is 1.80. The molecular weight excluding hydrogens is 333 g/mol. The van der Waals surface area contributed by atoms with Gasteiger partial charge in [-0.2, -0.15) is 0 Å². The molecule has 0 aliphatic heterocycles. The summed E-state index contributed by atoms with van der Waals surface area (Å²) in [4.78, 5) is 0.842. The van der Waals surface area contributed by atoms with Gasteiger partial charge in [-0.25, -0.2) is 13.6 Å². The number of allylic oxidation sites excluding steroid dienone is 3. The van der Waals surface area contributed by atoms with E-state index in [0.29, 0.717) is 11.4 Å². The quantitative estimate of drug-likeness (QED) is 0.823. The van der Waals surface area contributed by atoms with Gasteiger partial charge >= 0.3 is 0 Å². The van der Waals surface area contributed by atoms with Gasteiger partial charge in [0.05, 0.1) is 5.02 Å². The van der Waals surface area contributed by atoms with Crippen molar-refractivity contribution in [2.45, 2.75) is 43.3 Å². The fourth-order valence-corrected chi connectivity index (χ4v) is 6.03. The van der Waals surface area contributed by atoms with E-state index in [9.17, 15) is 8.42 Å². The molecule has 7 heteroatoms. The van der Waals surface area contributed by atoms with Crippen molar-refractivity contribution >= 4 is 51.8 Å². The van der Waals surface area contributed by atoms with Crippen molar-refractivity contribution in [2.75, 3.05) is 0 Å². The number of primary sulfonamides is 1. The van der Waals surface area contributed by atoms with E-state index in [4.69, 9.17) is 16.7 Å². The first kappa shape index (κ1) is 20.0. The van der Waals surface area contributed by atoms with Crippen LogP contribution in [0.3, 0.4) is 0 Å². The summed E-state index contributed by atoms with van der Waals surface area (Å²) in [6.45, 7) is 3.94. The van der Waals surface area contributed by atoms with Crippen LogP contribution in [0.25, 0.3) is 0 Å². The van der Waals surface area contributed by atoms with Crippen molar-refractivity contribution in [1.29, 1.82) is 0 Å². The Kier molecular flexibility index (Phi) is 6.60. The topological polar surface area (TPSA) is 60.2 Å². The Morgan fingerprint density at radius 2 is 1.95 bits per heavy atom. The van der Waals surface area contributed by atoms with Crippen LogP contribution >= 0.6 is 22.9 Å². The number of rotatable bonds is 5. The van der Waals surface area contributed by atoms with Gasteiger partial charge in [-0.1, -0.05) is 55.7 Å². The van der Waals surface area contributed by atoms with Crippen LogP contribution in [0.4, 0.5) is 0 Å². The molecule has 1 aliphatic rings. The fourth-order valence-electron chi connectivity index (χ4n) is 3.02. The molecule has 1 aromatic heterocycles. The van der Waals surface area contributed by atoms with Gasteiger partial charge in [0.1, 0.15) is 4.75 Å². The van der Waals surface area contributed by atoms with E-state index in [1.165, 1.54) is 11.3 Å². The van der Waals surface area contributed by atoms with Crippen LogP contribution in [0.1, 0.15) is 38.0 Å². The van der Waals surface area contributed by atoms with Crippen LogP contribution in [-0.2, 0) is 15.4 Å². The molecule has 0 amide bonds. The van der Waals surface area contributed by atoms with Crippen LogP contribution < -0.4 is 5.14 Å². The van der Waals surface area contributed by atoms with E-state index in [-0.39, 0.29) is 18.9 Å². The normalized spacial score (nSPS) is 27.6. The maximum Gasteiger partial charge on any atom is 0.219 e. The molecule has 0 fully saturated rings. The van der Waals surface area contributed by atoms with Crippen LogP contribution in [-0.4, -0.2) is 32.0 Å². The molecule has 1 aromatic rings. The summed E-state index contributed by atoms with van der Waals surface area (Å²) >= 11 is 7.76. The summed E-state index contributed by atoms with van der Waals surface area (Å²) in [7, 11) is -3.80. The molecule has 3 nitrogen and oxygen atoms in total. The van der Waals surface area contributed by atoms with E-state index < -0.39 is 20.2 Å². The van der Waals surface area contributed by atoms with Crippen molar-refractivity contribution in [2.24, 2.45) is 5.14 Å². The smallest absolute Gasteiger partial charge is 0.219 e. The number of hydrogen-bond acceptors (Lipinski definition) is 3. The van der Waals surface area contributed by atoms with Crippen LogP contribution in [0, 0.1) is 0 Å². The molecule has 1 radical (unpaired) electrons. The Labute approximate surface area is 153 Å². The molecule has 2 rings (SSSR count). The van der Waals surface area contributed by atoms with E-state index in [0.717, 1.165) is 17.7 Å². The monoisotopic (exact) mass is 352 g/mol. The predicted octanol–water partition coefficient (Wildman–Crippen LogP) is 3.62. The standard InChI is InChI=1S/C15H20ClNO2S2.Li/c1-3-4-9-15(21(17,18)19)10-6-5-8-14(15,2)13-12(16)7-11-20-13;/h5-8,10-11H,3-4,9H2,1-2H3,(H2,17,18,19);/t14-,15?;/m1./s1. The number of nitrogens with two attached hydrogens (primary N) is 1. The maximum atomic E-state index is 12.5. The van der Waals surface area contributed by atoms with Crippen molar-refractivity contribution in [3.8, 4) is 0 Å². The zero-order valence-electron chi connectivity index (χ0n) is 13.2. The molecule has 117 valence electrons. The van der Waals surface area contributed by atoms with E-state index in [1.54, 1.807) is 18.2 Å². The van der Waals surface area contributed by atoms with Crippen molar-refractivity contribution in [1.82, 2.24) is 0 Å². The average molecular weight is 353 g/mol. The van der Waals surface area contributed by atoms with Gasteiger partial charge in [-0.3, -0.25) is 0 Å². The molecule has 0 saturated carbocycles. The molecule has 1 heterocycles. The third-order valence-electron chi connectivity index (χ3n) is 4.28. The van der Waals surface area contributed by atoms with Crippen molar-refractivity contribution < 1.29 is 8.42 Å². The Bertz CT molecular complexity index is 683. The van der Waals surface area contributed by atoms with E-state index >= 15 is 0 Å². The summed E-state index contributed by atoms with van der Waals surface area (Å²) in [5.74, 6) is 0. The number of sulfonamides is 1. The molecule has 0 aromatic carbocycles. The van der Waals surface area contributed by atoms with E-state index in [2.05, 4.69) is 0 Å². The zero-order valence-corrected chi connectivity index (χ0v) is 15.6. The Balaban J connectivity index is 0.00000242. The largest absolute Gasteiger partial charge is 0.228 e. The Morgan fingerprint density at radius 3 is 2.45 bits per heavy atom. The molecule has 1 aliphatic carbocycles. The SMILES string of the molecule is CCCCC1(S(N)(=O)=O)C=CC=C[C@]1(C)c1sccc1Cl.[Li]. The van der Waals surface area contributed by atoms with Gasteiger partial charge in [0.15, 0.2) is 0 Å². The van der Waals surface area contributed by atoms with Gasteiger partial charge < -0.3 is 0 Å². The summed E-state index contributed by atoms with van der Waals surface area (Å²) in [5.41, 5.74) is -0.754. The maximum absolute atomic E-state index is 12.5. The van der Waals surface area contributed by atoms with Crippen LogP contribution in [0.5, 0.6) is 0 Å². The molecule has 0 bridgehead atoms. The second kappa shape index (κ2) is 7.25. The Morgan fingerprint density at radius 1 is 1.32 bits per heavy atom. The van der Waals surface area contributed by atoms with Gasteiger partial charge in [-0.05, 0) is 24.8 Å². The molecule has 2 N–H and O–H groups in total. The summed E-state index contributed by atoms with van der Waals surface area (Å²) in [6.07, 6.45) is 9.44. The third-order valence-corrected chi connectivity index (χ3v) is 7.64. The van der Waals surface area contributed by atoms with E-state index in [1.807, 2.05) is 31.4 Å². The minimum atomic E-state index is -3.80. The first-order valence-corrected chi connectivity index (χ1v) is 9.72. The number of thiophene rings is 1. The second-order valence-corrected chi connectivity index (χ2v) is 8.70. The number of hydrogen-bond donors (Lipinski definition) is 1. The van der Waals surface area contributed by atoms with Gasteiger partial charge in [-0.15, -0.1) is 11.3 Å². The summed E-state index contributed by atoms with van der Waals surface area (Å²) in [5, 5.41) is 8.13. The zero-order chi connectivity index (χ0) is 15.7. The van der Waals surface area contributed by atoms with Crippen molar-refractivity contribution in [3.05, 3.63) is 45.7 Å². The molecular formula is C15H20ClLiNO2S2.